The van der Waals surface area contributed by atoms with Crippen molar-refractivity contribution >= 4 is 18.3 Å². The summed E-state index contributed by atoms with van der Waals surface area (Å²) in [6, 6.07) is 8.39. The number of aromatic nitrogens is 2. The smallest absolute Gasteiger partial charge is 0.223 e. The Balaban J connectivity index is 0.00000312. The van der Waals surface area contributed by atoms with E-state index in [9.17, 15) is 9.18 Å². The Morgan fingerprint density at radius 1 is 1.28 bits per heavy atom. The molecule has 1 aromatic heterocycles. The number of rotatable bonds is 9. The van der Waals surface area contributed by atoms with Crippen LogP contribution in [0, 0.1) is 5.82 Å². The Hall–Kier alpha value is -1.92. The molecule has 0 saturated heterocycles. The van der Waals surface area contributed by atoms with Crippen LogP contribution in [0.3, 0.4) is 0 Å². The molecule has 0 unspecified atom stereocenters. The molecule has 25 heavy (non-hydrogen) atoms. The Kier molecular flexibility index (Phi) is 9.16. The topological polar surface area (TPSA) is 75.0 Å². The molecule has 0 aliphatic rings. The molecule has 0 atom stereocenters. The number of carbonyl (C=O) groups excluding carboxylic acids is 1. The highest BCUT2D eigenvalue weighted by atomic mass is 35.5. The molecule has 2 rings (SSSR count). The van der Waals surface area contributed by atoms with E-state index in [-0.39, 0.29) is 24.1 Å². The van der Waals surface area contributed by atoms with E-state index in [4.69, 9.17) is 5.73 Å². The number of nitrogens with one attached hydrogen (secondary N) is 1. The minimum Gasteiger partial charge on any atom is -0.346 e. The van der Waals surface area contributed by atoms with Crippen molar-refractivity contribution in [2.24, 2.45) is 5.73 Å². The fraction of sp³-hybridized carbons (Fsp3) is 0.444. The van der Waals surface area contributed by atoms with Crippen LogP contribution in [0.2, 0.25) is 0 Å². The van der Waals surface area contributed by atoms with Crippen molar-refractivity contribution < 1.29 is 9.18 Å². The highest BCUT2D eigenvalue weighted by molar-refractivity contribution is 5.85. The molecule has 0 saturated carbocycles. The van der Waals surface area contributed by atoms with Crippen LogP contribution in [0.4, 0.5) is 4.39 Å². The fourth-order valence-corrected chi connectivity index (χ4v) is 2.57. The summed E-state index contributed by atoms with van der Waals surface area (Å²) in [7, 11) is 1.82. The monoisotopic (exact) mass is 368 g/mol. The minimum atomic E-state index is -0.259. The van der Waals surface area contributed by atoms with Crippen molar-refractivity contribution in [2.45, 2.75) is 32.1 Å². The van der Waals surface area contributed by atoms with Gasteiger partial charge in [-0.15, -0.1) is 12.4 Å². The first kappa shape index (κ1) is 21.1. The van der Waals surface area contributed by atoms with E-state index < -0.39 is 0 Å². The van der Waals surface area contributed by atoms with Crippen molar-refractivity contribution in [1.82, 2.24) is 15.1 Å². The Morgan fingerprint density at radius 2 is 2.08 bits per heavy atom. The third-order valence-electron chi connectivity index (χ3n) is 3.97. The van der Waals surface area contributed by atoms with Gasteiger partial charge in [-0.25, -0.2) is 4.39 Å². The summed E-state index contributed by atoms with van der Waals surface area (Å²) in [4.78, 5) is 13.3. The van der Waals surface area contributed by atoms with Gasteiger partial charge in [0, 0.05) is 37.8 Å². The van der Waals surface area contributed by atoms with Crippen molar-refractivity contribution in [3.8, 4) is 11.3 Å². The number of nitrogens with two attached hydrogens (primary N) is 1. The maximum Gasteiger partial charge on any atom is 0.223 e. The van der Waals surface area contributed by atoms with E-state index >= 15 is 0 Å². The molecule has 7 heteroatoms. The number of hydrogen-bond donors (Lipinski definition) is 2. The van der Waals surface area contributed by atoms with Gasteiger partial charge in [-0.3, -0.25) is 9.89 Å². The number of aryl methyl sites for hydroxylation is 1. The van der Waals surface area contributed by atoms with Crippen molar-refractivity contribution in [3.05, 3.63) is 41.8 Å². The van der Waals surface area contributed by atoms with Crippen LogP contribution in [0.1, 0.15) is 31.4 Å². The van der Waals surface area contributed by atoms with Gasteiger partial charge >= 0.3 is 0 Å². The normalized spacial score (nSPS) is 10.4. The van der Waals surface area contributed by atoms with Gasteiger partial charge in [-0.2, -0.15) is 5.10 Å². The fourth-order valence-electron chi connectivity index (χ4n) is 2.57. The molecule has 3 N–H and O–H groups in total. The van der Waals surface area contributed by atoms with Gasteiger partial charge < -0.3 is 10.6 Å². The SMILES string of the molecule is CN(CCCCCc1cc(-c2cccc(F)c2)n[nH]1)C(=O)CCN.Cl. The van der Waals surface area contributed by atoms with Gasteiger partial charge in [0.05, 0.1) is 5.69 Å². The van der Waals surface area contributed by atoms with Gasteiger partial charge in [0.1, 0.15) is 5.82 Å². The number of carbonyl (C=O) groups is 1. The summed E-state index contributed by atoms with van der Waals surface area (Å²) in [5, 5.41) is 7.25. The van der Waals surface area contributed by atoms with Gasteiger partial charge in [-0.05, 0) is 37.5 Å². The number of benzene rings is 1. The van der Waals surface area contributed by atoms with Gasteiger partial charge in [-0.1, -0.05) is 18.6 Å². The number of halogens is 2. The molecule has 0 aliphatic heterocycles. The van der Waals surface area contributed by atoms with Crippen molar-refractivity contribution in [3.63, 3.8) is 0 Å². The second kappa shape index (κ2) is 10.8. The average Bonchev–Trinajstić information content (AvgIpc) is 3.03. The summed E-state index contributed by atoms with van der Waals surface area (Å²) in [6.07, 6.45) is 4.33. The average molecular weight is 369 g/mol. The molecule has 1 amide bonds. The van der Waals surface area contributed by atoms with Crippen LogP contribution in [0.5, 0.6) is 0 Å². The molecule has 1 heterocycles. The zero-order valence-electron chi connectivity index (χ0n) is 14.5. The van der Waals surface area contributed by atoms with Crippen molar-refractivity contribution in [2.75, 3.05) is 20.1 Å². The van der Waals surface area contributed by atoms with Gasteiger partial charge in [0.15, 0.2) is 0 Å². The summed E-state index contributed by atoms with van der Waals surface area (Å²) in [6.45, 7) is 1.16. The molecule has 0 spiro atoms. The quantitative estimate of drug-likeness (QED) is 0.667. The molecule has 138 valence electrons. The van der Waals surface area contributed by atoms with Gasteiger partial charge in [0.2, 0.25) is 5.91 Å². The third-order valence-corrected chi connectivity index (χ3v) is 3.97. The lowest BCUT2D eigenvalue weighted by Crippen LogP contribution is -2.29. The highest BCUT2D eigenvalue weighted by Gasteiger charge is 2.07. The van der Waals surface area contributed by atoms with Crippen LogP contribution in [0.25, 0.3) is 11.3 Å². The number of nitrogens with zero attached hydrogens (tertiary/aromatic N) is 2. The van der Waals surface area contributed by atoms with Crippen LogP contribution >= 0.6 is 12.4 Å². The molecular formula is C18H26ClFN4O. The molecule has 1 aromatic carbocycles. The van der Waals surface area contributed by atoms with Crippen LogP contribution < -0.4 is 5.73 Å². The third kappa shape index (κ3) is 6.84. The maximum atomic E-state index is 13.2. The van der Waals surface area contributed by atoms with E-state index in [1.807, 2.05) is 19.2 Å². The number of H-pyrrole nitrogens is 1. The Labute approximate surface area is 154 Å². The number of hydrogen-bond acceptors (Lipinski definition) is 3. The molecule has 0 radical (unpaired) electrons. The largest absolute Gasteiger partial charge is 0.346 e. The first-order valence-electron chi connectivity index (χ1n) is 8.34. The predicted octanol–water partition coefficient (Wildman–Crippen LogP) is 3.16. The summed E-state index contributed by atoms with van der Waals surface area (Å²) in [5.74, 6) is -0.156. The van der Waals surface area contributed by atoms with E-state index in [0.29, 0.717) is 13.0 Å². The predicted molar refractivity (Wildman–Crippen MR) is 100 cm³/mol. The lowest BCUT2D eigenvalue weighted by atomic mass is 10.1. The lowest BCUT2D eigenvalue weighted by molar-refractivity contribution is -0.129. The van der Waals surface area contributed by atoms with E-state index in [1.54, 1.807) is 11.0 Å². The van der Waals surface area contributed by atoms with E-state index in [1.165, 1.54) is 12.1 Å². The Bertz CT molecular complexity index is 662. The van der Waals surface area contributed by atoms with Crippen LogP contribution in [-0.2, 0) is 11.2 Å². The van der Waals surface area contributed by atoms with Crippen molar-refractivity contribution in [1.29, 1.82) is 0 Å². The Morgan fingerprint density at radius 3 is 2.80 bits per heavy atom. The molecular weight excluding hydrogens is 343 g/mol. The second-order valence-corrected chi connectivity index (χ2v) is 5.95. The molecule has 0 bridgehead atoms. The van der Waals surface area contributed by atoms with E-state index in [2.05, 4.69) is 10.2 Å². The number of aromatic amines is 1. The number of amides is 1. The summed E-state index contributed by atoms with van der Waals surface area (Å²) in [5.41, 5.74) is 7.96. The minimum absolute atomic E-state index is 0. The maximum absolute atomic E-state index is 13.2. The summed E-state index contributed by atoms with van der Waals surface area (Å²) < 4.78 is 13.2. The molecule has 5 nitrogen and oxygen atoms in total. The van der Waals surface area contributed by atoms with Crippen LogP contribution in [-0.4, -0.2) is 41.1 Å². The zero-order chi connectivity index (χ0) is 17.4. The van der Waals surface area contributed by atoms with E-state index in [0.717, 1.165) is 49.2 Å². The molecule has 0 aliphatic carbocycles. The standard InChI is InChI=1S/C18H25FN4O.ClH/c1-23(18(24)9-10-20)11-4-2-3-8-16-13-17(22-21-16)14-6-5-7-15(19)12-14;/h5-7,12-13H,2-4,8-11,20H2,1H3,(H,21,22);1H. The van der Waals surface area contributed by atoms with Crippen LogP contribution in [0.15, 0.2) is 30.3 Å². The number of unbranched alkanes of at least 4 members (excludes halogenated alkanes) is 2. The highest BCUT2D eigenvalue weighted by Crippen LogP contribution is 2.19. The van der Waals surface area contributed by atoms with Gasteiger partial charge in [0.25, 0.3) is 0 Å². The second-order valence-electron chi connectivity index (χ2n) is 5.95. The first-order valence-corrected chi connectivity index (χ1v) is 8.34. The first-order chi connectivity index (χ1) is 11.6. The molecule has 2 aromatic rings. The lowest BCUT2D eigenvalue weighted by Gasteiger charge is -2.16. The summed E-state index contributed by atoms with van der Waals surface area (Å²) >= 11 is 0. The molecule has 0 fully saturated rings. The zero-order valence-corrected chi connectivity index (χ0v) is 15.3.